The number of nitrogens with zero attached hydrogens (tertiary/aromatic N) is 4. The largest absolute Gasteiger partial charge is 0.465 e. The van der Waals surface area contributed by atoms with Crippen LogP contribution >= 0.6 is 11.3 Å². The van der Waals surface area contributed by atoms with Gasteiger partial charge in [0.05, 0.1) is 23.8 Å². The van der Waals surface area contributed by atoms with Crippen LogP contribution in [-0.4, -0.2) is 95.8 Å². The van der Waals surface area contributed by atoms with E-state index in [1.54, 1.807) is 29.5 Å². The molecule has 0 aliphatic carbocycles. The molecular formula is C32H37N5O5S. The Labute approximate surface area is 255 Å². The molecule has 0 saturated carbocycles. The van der Waals surface area contributed by atoms with Crippen LogP contribution in [0.25, 0.3) is 22.4 Å². The number of amides is 3. The summed E-state index contributed by atoms with van der Waals surface area (Å²) in [5.41, 5.74) is 4.95. The molecular weight excluding hydrogens is 566 g/mol. The molecule has 0 atom stereocenters. The Bertz CT molecular complexity index is 1560. The van der Waals surface area contributed by atoms with Crippen molar-refractivity contribution in [3.8, 4) is 22.4 Å². The Balaban J connectivity index is 1.30. The summed E-state index contributed by atoms with van der Waals surface area (Å²) in [7, 11) is 1.58. The predicted octanol–water partition coefficient (Wildman–Crippen LogP) is 4.59. The molecule has 0 radical (unpaired) electrons. The lowest BCUT2D eigenvalue weighted by Crippen LogP contribution is -2.48. The Morgan fingerprint density at radius 1 is 1.09 bits per heavy atom. The molecule has 11 heteroatoms. The number of carbonyl (C=O) groups excluding carboxylic acids is 2. The third kappa shape index (κ3) is 5.83. The number of anilines is 1. The molecule has 43 heavy (non-hydrogen) atoms. The highest BCUT2D eigenvalue weighted by Gasteiger charge is 2.36. The fraction of sp³-hybridized carbons (Fsp3) is 0.438. The summed E-state index contributed by atoms with van der Waals surface area (Å²) < 4.78 is 5.62. The lowest BCUT2D eigenvalue weighted by molar-refractivity contribution is 0.0643. The summed E-state index contributed by atoms with van der Waals surface area (Å²) in [5, 5.41) is 13.5. The van der Waals surface area contributed by atoms with E-state index < -0.39 is 6.09 Å². The Kier molecular flexibility index (Phi) is 7.87. The van der Waals surface area contributed by atoms with E-state index in [0.717, 1.165) is 57.3 Å². The number of hydrogen-bond acceptors (Lipinski definition) is 7. The first-order valence-corrected chi connectivity index (χ1v) is 15.6. The van der Waals surface area contributed by atoms with Crippen LogP contribution < -0.4 is 10.2 Å². The summed E-state index contributed by atoms with van der Waals surface area (Å²) in [5.74, 6) is -0.0969. The van der Waals surface area contributed by atoms with Crippen LogP contribution in [0.3, 0.4) is 0 Å². The molecule has 226 valence electrons. The van der Waals surface area contributed by atoms with Gasteiger partial charge in [-0.25, -0.2) is 4.79 Å². The molecule has 3 aliphatic heterocycles. The van der Waals surface area contributed by atoms with Gasteiger partial charge in [0.1, 0.15) is 5.00 Å². The van der Waals surface area contributed by atoms with Gasteiger partial charge in [-0.05, 0) is 68.5 Å². The molecule has 6 rings (SSSR count). The van der Waals surface area contributed by atoms with Gasteiger partial charge >= 0.3 is 6.09 Å². The van der Waals surface area contributed by atoms with Gasteiger partial charge in [0, 0.05) is 67.7 Å². The maximum Gasteiger partial charge on any atom is 0.407 e. The summed E-state index contributed by atoms with van der Waals surface area (Å²) in [6, 6.07) is 11.5. The summed E-state index contributed by atoms with van der Waals surface area (Å²) in [6.45, 7) is 7.96. The second kappa shape index (κ2) is 11.6. The van der Waals surface area contributed by atoms with Crippen molar-refractivity contribution in [2.75, 3.05) is 51.3 Å². The molecule has 2 N–H and O–H groups in total. The first-order chi connectivity index (χ1) is 20.6. The van der Waals surface area contributed by atoms with Gasteiger partial charge in [0.15, 0.2) is 0 Å². The maximum absolute atomic E-state index is 13.4. The summed E-state index contributed by atoms with van der Waals surface area (Å²) >= 11 is 1.55. The quantitative estimate of drug-likeness (QED) is 0.438. The van der Waals surface area contributed by atoms with Gasteiger partial charge in [0.25, 0.3) is 11.8 Å². The fourth-order valence-corrected chi connectivity index (χ4v) is 7.58. The Morgan fingerprint density at radius 3 is 2.56 bits per heavy atom. The SMILES string of the molecule is CN(C(=O)O)C1CCN(C(=O)c2cccc(-c3cc(-c4c(N5CCOCC5)sc5c4CC(C)(C)NC5=O)ccn3)c2)CC1. The van der Waals surface area contributed by atoms with E-state index in [2.05, 4.69) is 35.1 Å². The van der Waals surface area contributed by atoms with E-state index >= 15 is 0 Å². The third-order valence-electron chi connectivity index (χ3n) is 8.62. The normalized spacial score (nSPS) is 18.6. The van der Waals surface area contributed by atoms with Gasteiger partial charge in [-0.15, -0.1) is 11.3 Å². The first-order valence-electron chi connectivity index (χ1n) is 14.7. The second-order valence-electron chi connectivity index (χ2n) is 12.1. The molecule has 5 heterocycles. The number of thiophene rings is 1. The van der Waals surface area contributed by atoms with Gasteiger partial charge < -0.3 is 29.9 Å². The lowest BCUT2D eigenvalue weighted by Gasteiger charge is -2.35. The molecule has 3 aliphatic rings. The average Bonchev–Trinajstić information content (AvgIpc) is 3.39. The van der Waals surface area contributed by atoms with Crippen LogP contribution in [0.2, 0.25) is 0 Å². The van der Waals surface area contributed by atoms with Crippen molar-refractivity contribution in [2.45, 2.75) is 44.7 Å². The number of aromatic nitrogens is 1. The number of morpholine rings is 1. The number of piperidine rings is 1. The van der Waals surface area contributed by atoms with E-state index in [-0.39, 0.29) is 23.4 Å². The lowest BCUT2D eigenvalue weighted by atomic mass is 9.87. The van der Waals surface area contributed by atoms with Crippen molar-refractivity contribution >= 4 is 34.2 Å². The van der Waals surface area contributed by atoms with Gasteiger partial charge in [-0.1, -0.05) is 12.1 Å². The number of hydrogen-bond donors (Lipinski definition) is 2. The number of likely N-dealkylation sites (tertiary alicyclic amines) is 1. The van der Waals surface area contributed by atoms with Crippen molar-refractivity contribution in [1.29, 1.82) is 0 Å². The number of ether oxygens (including phenoxy) is 1. The molecule has 1 aromatic carbocycles. The van der Waals surface area contributed by atoms with Crippen molar-refractivity contribution in [2.24, 2.45) is 0 Å². The standard InChI is InChI=1S/C32H37N5O5S/c1-32(2)19-24-26(30(37-13-15-42-16-14-37)43-27(24)28(38)34-32)21-7-10-33-25(18-21)20-5-4-6-22(17-20)29(39)36-11-8-23(9-12-36)35(3)31(40)41/h4-7,10,17-18,23H,8-9,11-16,19H2,1-3H3,(H,34,38)(H,40,41). The smallest absolute Gasteiger partial charge is 0.407 e. The van der Waals surface area contributed by atoms with E-state index in [4.69, 9.17) is 4.74 Å². The molecule has 0 unspecified atom stereocenters. The third-order valence-corrected chi connectivity index (χ3v) is 9.91. The first kappa shape index (κ1) is 29.1. The molecule has 0 spiro atoms. The number of rotatable bonds is 5. The molecule has 3 amide bonds. The van der Waals surface area contributed by atoms with Gasteiger partial charge in [-0.2, -0.15) is 0 Å². The second-order valence-corrected chi connectivity index (χ2v) is 13.1. The van der Waals surface area contributed by atoms with Crippen molar-refractivity contribution in [3.05, 3.63) is 58.6 Å². The molecule has 10 nitrogen and oxygen atoms in total. The van der Waals surface area contributed by atoms with E-state index in [0.29, 0.717) is 44.7 Å². The molecule has 2 saturated heterocycles. The number of pyridine rings is 1. The van der Waals surface area contributed by atoms with Crippen molar-refractivity contribution < 1.29 is 24.2 Å². The maximum atomic E-state index is 13.4. The van der Waals surface area contributed by atoms with Crippen molar-refractivity contribution in [1.82, 2.24) is 20.1 Å². The molecule has 0 bridgehead atoms. The molecule has 2 fully saturated rings. The van der Waals surface area contributed by atoms with E-state index in [9.17, 15) is 19.5 Å². The monoisotopic (exact) mass is 603 g/mol. The zero-order valence-corrected chi connectivity index (χ0v) is 25.6. The number of benzene rings is 1. The molecule has 3 aromatic rings. The van der Waals surface area contributed by atoms with Crippen LogP contribution in [0.1, 0.15) is 52.3 Å². The Hall–Kier alpha value is -3.96. The zero-order valence-electron chi connectivity index (χ0n) is 24.8. The highest BCUT2D eigenvalue weighted by atomic mass is 32.1. The number of carbonyl (C=O) groups is 3. The van der Waals surface area contributed by atoms with Crippen LogP contribution in [0.5, 0.6) is 0 Å². The molecule has 2 aromatic heterocycles. The van der Waals surface area contributed by atoms with Crippen molar-refractivity contribution in [3.63, 3.8) is 0 Å². The predicted molar refractivity (Wildman–Crippen MR) is 166 cm³/mol. The topological polar surface area (TPSA) is 115 Å². The number of nitrogens with one attached hydrogen (secondary N) is 1. The number of carboxylic acid groups (broad SMARTS) is 1. The minimum atomic E-state index is -0.945. The average molecular weight is 604 g/mol. The van der Waals surface area contributed by atoms with Crippen LogP contribution in [-0.2, 0) is 11.2 Å². The van der Waals surface area contributed by atoms with Crippen LogP contribution in [0, 0.1) is 0 Å². The fourth-order valence-electron chi connectivity index (χ4n) is 6.29. The van der Waals surface area contributed by atoms with E-state index in [1.165, 1.54) is 4.90 Å². The van der Waals surface area contributed by atoms with Crippen LogP contribution in [0.15, 0.2) is 42.6 Å². The minimum absolute atomic E-state index is 0.0314. The highest BCUT2D eigenvalue weighted by Crippen LogP contribution is 2.46. The van der Waals surface area contributed by atoms with Crippen LogP contribution in [0.4, 0.5) is 9.80 Å². The number of fused-ring (bicyclic) bond motifs is 1. The highest BCUT2D eigenvalue weighted by molar-refractivity contribution is 7.19. The summed E-state index contributed by atoms with van der Waals surface area (Å²) in [4.78, 5) is 48.8. The van der Waals surface area contributed by atoms with E-state index in [1.807, 2.05) is 30.3 Å². The van der Waals surface area contributed by atoms with Gasteiger partial charge in [-0.3, -0.25) is 14.6 Å². The summed E-state index contributed by atoms with van der Waals surface area (Å²) in [6.07, 6.45) is 2.81. The minimum Gasteiger partial charge on any atom is -0.465 e. The zero-order chi connectivity index (χ0) is 30.3. The van der Waals surface area contributed by atoms with Gasteiger partial charge in [0.2, 0.25) is 0 Å². The Morgan fingerprint density at radius 2 is 1.84 bits per heavy atom.